The summed E-state index contributed by atoms with van der Waals surface area (Å²) >= 11 is 0. The van der Waals surface area contributed by atoms with Crippen LogP contribution in [0.15, 0.2) is 78.9 Å². The molecule has 3 aromatic rings. The average molecular weight is 554 g/mol. The topological polar surface area (TPSA) is 99.2 Å². The second-order valence-electron chi connectivity index (χ2n) is 11.5. The molecule has 2 unspecified atom stereocenters. The number of aliphatic carboxylic acids is 1. The van der Waals surface area contributed by atoms with Gasteiger partial charge in [0.05, 0.1) is 5.92 Å². The number of benzene rings is 3. The lowest BCUT2D eigenvalue weighted by molar-refractivity contribution is -0.139. The van der Waals surface area contributed by atoms with Crippen LogP contribution in [0.25, 0.3) is 11.1 Å². The number of piperidine rings is 1. The summed E-state index contributed by atoms with van der Waals surface area (Å²) < 4.78 is 5.77. The van der Waals surface area contributed by atoms with Gasteiger partial charge in [-0.2, -0.15) is 0 Å². The van der Waals surface area contributed by atoms with Gasteiger partial charge in [0.15, 0.2) is 0 Å². The van der Waals surface area contributed by atoms with E-state index >= 15 is 0 Å². The second-order valence-corrected chi connectivity index (χ2v) is 11.5. The van der Waals surface area contributed by atoms with Crippen LogP contribution in [0.5, 0.6) is 0 Å². The molecular formula is C33H35N3O5. The van der Waals surface area contributed by atoms with Crippen molar-refractivity contribution in [2.24, 2.45) is 17.8 Å². The van der Waals surface area contributed by atoms with Crippen molar-refractivity contribution in [3.63, 3.8) is 0 Å². The Morgan fingerprint density at radius 1 is 0.951 bits per heavy atom. The van der Waals surface area contributed by atoms with E-state index in [1.165, 1.54) is 0 Å². The van der Waals surface area contributed by atoms with E-state index in [0.29, 0.717) is 32.6 Å². The van der Waals surface area contributed by atoms with Gasteiger partial charge >= 0.3 is 12.1 Å². The minimum Gasteiger partial charge on any atom is -0.481 e. The first-order chi connectivity index (χ1) is 19.9. The first kappa shape index (κ1) is 27.0. The molecule has 1 saturated carbocycles. The number of likely N-dealkylation sites (N-methyl/N-ethyl adjacent to an activating group) is 1. The summed E-state index contributed by atoms with van der Waals surface area (Å²) in [7, 11) is 1.92. The summed E-state index contributed by atoms with van der Waals surface area (Å²) in [6, 6.07) is 25.4. The maximum absolute atomic E-state index is 13.7. The molecular weight excluding hydrogens is 518 g/mol. The van der Waals surface area contributed by atoms with Gasteiger partial charge < -0.3 is 20.1 Å². The van der Waals surface area contributed by atoms with Gasteiger partial charge in [-0.05, 0) is 53.1 Å². The summed E-state index contributed by atoms with van der Waals surface area (Å²) in [6.07, 6.45) is 0.0354. The fourth-order valence-corrected chi connectivity index (χ4v) is 6.76. The smallest absolute Gasteiger partial charge is 0.407 e. The molecule has 0 radical (unpaired) electrons. The number of carboxylic acids is 1. The maximum atomic E-state index is 13.7. The van der Waals surface area contributed by atoms with Crippen molar-refractivity contribution in [3.05, 3.63) is 95.6 Å². The average Bonchev–Trinajstić information content (AvgIpc) is 3.63. The Bertz CT molecular complexity index is 1400. The van der Waals surface area contributed by atoms with Crippen LogP contribution in [0.3, 0.4) is 0 Å². The van der Waals surface area contributed by atoms with Gasteiger partial charge in [-0.3, -0.25) is 14.5 Å². The van der Waals surface area contributed by atoms with E-state index in [2.05, 4.69) is 29.6 Å². The van der Waals surface area contributed by atoms with Crippen LogP contribution in [0, 0.1) is 17.8 Å². The van der Waals surface area contributed by atoms with Crippen molar-refractivity contribution in [1.82, 2.24) is 15.1 Å². The molecule has 2 N–H and O–H groups in total. The summed E-state index contributed by atoms with van der Waals surface area (Å²) in [5.74, 6) is -1.31. The molecule has 2 aliphatic carbocycles. The lowest BCUT2D eigenvalue weighted by Gasteiger charge is -2.32. The minimum absolute atomic E-state index is 0.0117. The van der Waals surface area contributed by atoms with Crippen molar-refractivity contribution in [2.75, 3.05) is 33.3 Å². The second kappa shape index (κ2) is 11.4. The highest BCUT2D eigenvalue weighted by molar-refractivity contribution is 5.86. The SMILES string of the molecule is CN(Cc1ccccc1)CC(NC(=O)OCC1c2ccccc2-c2ccccc21)C(=O)N1CC[C@@H]2C(C(=O)O)[C@@H]2C1. The van der Waals surface area contributed by atoms with Gasteiger partial charge in [-0.25, -0.2) is 4.79 Å². The Morgan fingerprint density at radius 3 is 2.24 bits per heavy atom. The van der Waals surface area contributed by atoms with Crippen LogP contribution in [0.1, 0.15) is 29.0 Å². The first-order valence-electron chi connectivity index (χ1n) is 14.3. The number of carbonyl (C=O) groups is 3. The number of amides is 2. The molecule has 2 amide bonds. The predicted molar refractivity (Wildman–Crippen MR) is 154 cm³/mol. The number of nitrogens with zero attached hydrogens (tertiary/aromatic N) is 2. The Hall–Kier alpha value is -4.17. The third kappa shape index (κ3) is 5.57. The predicted octanol–water partition coefficient (Wildman–Crippen LogP) is 4.20. The van der Waals surface area contributed by atoms with Gasteiger partial charge in [-0.1, -0.05) is 78.9 Å². The van der Waals surface area contributed by atoms with Gasteiger partial charge in [0.1, 0.15) is 12.6 Å². The molecule has 3 aliphatic rings. The number of hydrogen-bond donors (Lipinski definition) is 2. The standard InChI is InChI=1S/C33H35N3O5/c1-35(17-21-9-3-2-4-10-21)19-29(31(37)36-16-15-26-27(18-36)30(26)32(38)39)34-33(40)41-20-28-24-13-7-5-11-22(24)23-12-6-8-14-25(23)28/h2-14,26-30H,15-20H2,1H3,(H,34,40)(H,38,39)/t26-,27+,29?,30?/m0/s1. The molecule has 0 spiro atoms. The molecule has 212 valence electrons. The van der Waals surface area contributed by atoms with E-state index in [4.69, 9.17) is 4.74 Å². The van der Waals surface area contributed by atoms with E-state index in [9.17, 15) is 19.5 Å². The Labute approximate surface area is 239 Å². The van der Waals surface area contributed by atoms with Crippen LogP contribution in [-0.4, -0.2) is 72.2 Å². The van der Waals surface area contributed by atoms with Crippen molar-refractivity contribution in [3.8, 4) is 11.1 Å². The van der Waals surface area contributed by atoms with Crippen LogP contribution in [0.4, 0.5) is 4.79 Å². The van der Waals surface area contributed by atoms with Crippen LogP contribution in [0.2, 0.25) is 0 Å². The molecule has 6 rings (SSSR count). The number of alkyl carbamates (subject to hydrolysis) is 1. The number of carbonyl (C=O) groups excluding carboxylic acids is 2. The van der Waals surface area contributed by atoms with Crippen LogP contribution < -0.4 is 5.32 Å². The highest BCUT2D eigenvalue weighted by atomic mass is 16.5. The number of fused-ring (bicyclic) bond motifs is 4. The largest absolute Gasteiger partial charge is 0.481 e. The van der Waals surface area contributed by atoms with E-state index in [-0.39, 0.29) is 36.2 Å². The van der Waals surface area contributed by atoms with Gasteiger partial charge in [-0.15, -0.1) is 0 Å². The number of likely N-dealkylation sites (tertiary alicyclic amines) is 1. The van der Waals surface area contributed by atoms with Crippen molar-refractivity contribution < 1.29 is 24.2 Å². The first-order valence-corrected chi connectivity index (χ1v) is 14.3. The molecule has 4 atom stereocenters. The molecule has 0 bridgehead atoms. The van der Waals surface area contributed by atoms with Crippen molar-refractivity contribution in [1.29, 1.82) is 0 Å². The lowest BCUT2D eigenvalue weighted by atomic mass is 9.98. The third-order valence-electron chi connectivity index (χ3n) is 8.82. The number of nitrogens with one attached hydrogen (secondary N) is 1. The third-order valence-corrected chi connectivity index (χ3v) is 8.82. The number of carboxylic acid groups (broad SMARTS) is 1. The zero-order valence-corrected chi connectivity index (χ0v) is 23.1. The van der Waals surface area contributed by atoms with Crippen molar-refractivity contribution in [2.45, 2.75) is 24.9 Å². The van der Waals surface area contributed by atoms with E-state index in [1.54, 1.807) is 4.90 Å². The Balaban J connectivity index is 1.14. The minimum atomic E-state index is -0.821. The summed E-state index contributed by atoms with van der Waals surface area (Å²) in [5, 5.41) is 12.3. The molecule has 1 saturated heterocycles. The zero-order valence-electron chi connectivity index (χ0n) is 23.1. The molecule has 2 fully saturated rings. The monoisotopic (exact) mass is 553 g/mol. The normalized spacial score (nSPS) is 21.4. The molecule has 1 aliphatic heterocycles. The summed E-state index contributed by atoms with van der Waals surface area (Å²) in [6.45, 7) is 1.98. The van der Waals surface area contributed by atoms with Gasteiger partial charge in [0, 0.05) is 32.1 Å². The molecule has 8 nitrogen and oxygen atoms in total. The van der Waals surface area contributed by atoms with Crippen molar-refractivity contribution >= 4 is 18.0 Å². The van der Waals surface area contributed by atoms with Gasteiger partial charge in [0.25, 0.3) is 0 Å². The summed E-state index contributed by atoms with van der Waals surface area (Å²) in [4.78, 5) is 42.2. The number of rotatable bonds is 9. The summed E-state index contributed by atoms with van der Waals surface area (Å²) in [5.41, 5.74) is 5.64. The molecule has 0 aromatic heterocycles. The van der Waals surface area contributed by atoms with Crippen LogP contribution >= 0.6 is 0 Å². The van der Waals surface area contributed by atoms with Gasteiger partial charge in [0.2, 0.25) is 5.91 Å². The fraction of sp³-hybridized carbons (Fsp3) is 0.364. The maximum Gasteiger partial charge on any atom is 0.407 e. The number of ether oxygens (including phenoxy) is 1. The Kier molecular flexibility index (Phi) is 7.49. The molecule has 1 heterocycles. The zero-order chi connectivity index (χ0) is 28.5. The highest BCUT2D eigenvalue weighted by Gasteiger charge is 2.57. The molecule has 8 heteroatoms. The number of hydrogen-bond acceptors (Lipinski definition) is 5. The molecule has 41 heavy (non-hydrogen) atoms. The quantitative estimate of drug-likeness (QED) is 0.412. The van der Waals surface area contributed by atoms with E-state index in [0.717, 1.165) is 27.8 Å². The Morgan fingerprint density at radius 2 is 1.59 bits per heavy atom. The lowest BCUT2D eigenvalue weighted by Crippen LogP contribution is -2.54. The molecule has 3 aromatic carbocycles. The van der Waals surface area contributed by atoms with E-state index < -0.39 is 18.1 Å². The fourth-order valence-electron chi connectivity index (χ4n) is 6.76. The van der Waals surface area contributed by atoms with Crippen LogP contribution in [-0.2, 0) is 20.9 Å². The highest BCUT2D eigenvalue weighted by Crippen LogP contribution is 2.51. The van der Waals surface area contributed by atoms with E-state index in [1.807, 2.05) is 66.5 Å².